The van der Waals surface area contributed by atoms with Crippen LogP contribution in [0.1, 0.15) is 22.3 Å². The first-order valence-corrected chi connectivity index (χ1v) is 10.3. The third kappa shape index (κ3) is 5.67. The number of amides is 1. The molecule has 0 saturated carbocycles. The molecule has 6 heteroatoms. The maximum atomic E-state index is 12.7. The minimum atomic E-state index is -0.506. The van der Waals surface area contributed by atoms with Crippen molar-refractivity contribution in [3.8, 4) is 11.8 Å². The van der Waals surface area contributed by atoms with Crippen molar-refractivity contribution in [2.45, 2.75) is 20.5 Å². The van der Waals surface area contributed by atoms with E-state index in [1.54, 1.807) is 30.3 Å². The van der Waals surface area contributed by atoms with Gasteiger partial charge in [-0.3, -0.25) is 4.79 Å². The fourth-order valence-corrected chi connectivity index (χ4v) is 3.29. The summed E-state index contributed by atoms with van der Waals surface area (Å²) in [6.07, 6.45) is 1.47. The van der Waals surface area contributed by atoms with Crippen molar-refractivity contribution in [1.29, 1.82) is 5.26 Å². The number of carbonyl (C=O) groups excluding carboxylic acids is 1. The van der Waals surface area contributed by atoms with Gasteiger partial charge in [0.2, 0.25) is 0 Å². The largest absolute Gasteiger partial charge is 0.488 e. The molecule has 3 rings (SSSR count). The van der Waals surface area contributed by atoms with Crippen molar-refractivity contribution in [3.63, 3.8) is 0 Å². The van der Waals surface area contributed by atoms with E-state index >= 15 is 0 Å². The molecule has 1 amide bonds. The van der Waals surface area contributed by atoms with Crippen molar-refractivity contribution in [1.82, 2.24) is 0 Å². The van der Waals surface area contributed by atoms with Crippen LogP contribution in [0.15, 0.2) is 66.2 Å². The van der Waals surface area contributed by atoms with Crippen LogP contribution in [0.4, 0.5) is 5.69 Å². The smallest absolute Gasteiger partial charge is 0.266 e. The summed E-state index contributed by atoms with van der Waals surface area (Å²) in [5.74, 6) is -0.0233. The maximum absolute atomic E-state index is 12.7. The van der Waals surface area contributed by atoms with E-state index in [2.05, 4.69) is 5.32 Å². The lowest BCUT2D eigenvalue weighted by molar-refractivity contribution is -0.112. The molecule has 3 aromatic carbocycles. The summed E-state index contributed by atoms with van der Waals surface area (Å²) >= 11 is 12.3. The van der Waals surface area contributed by atoms with E-state index in [4.69, 9.17) is 27.9 Å². The number of nitriles is 1. The topological polar surface area (TPSA) is 62.1 Å². The molecule has 4 nitrogen and oxygen atoms in total. The molecule has 0 radical (unpaired) electrons. The van der Waals surface area contributed by atoms with Crippen LogP contribution in [-0.2, 0) is 11.4 Å². The van der Waals surface area contributed by atoms with Gasteiger partial charge in [0.25, 0.3) is 5.91 Å². The Morgan fingerprint density at radius 1 is 1.10 bits per heavy atom. The number of nitrogens with one attached hydrogen (secondary N) is 1. The van der Waals surface area contributed by atoms with Crippen molar-refractivity contribution in [2.75, 3.05) is 5.32 Å². The number of halogens is 2. The van der Waals surface area contributed by atoms with Crippen LogP contribution in [0.25, 0.3) is 6.08 Å². The highest BCUT2D eigenvalue weighted by molar-refractivity contribution is 6.31. The lowest BCUT2D eigenvalue weighted by Gasteiger charge is -2.12. The second kappa shape index (κ2) is 10.2. The summed E-state index contributed by atoms with van der Waals surface area (Å²) in [6, 6.07) is 20.0. The highest BCUT2D eigenvalue weighted by atomic mass is 35.5. The van der Waals surface area contributed by atoms with Gasteiger partial charge in [-0.2, -0.15) is 5.26 Å². The van der Waals surface area contributed by atoms with Crippen molar-refractivity contribution >= 4 is 40.9 Å². The summed E-state index contributed by atoms with van der Waals surface area (Å²) in [6.45, 7) is 4.11. The zero-order valence-electron chi connectivity index (χ0n) is 17.1. The number of carbonyl (C=O) groups is 1. The number of aryl methyl sites for hydroxylation is 1. The van der Waals surface area contributed by atoms with Gasteiger partial charge in [0.1, 0.15) is 24.0 Å². The minimum absolute atomic E-state index is 0.0641. The zero-order chi connectivity index (χ0) is 22.4. The number of hydrogen-bond donors (Lipinski definition) is 1. The van der Waals surface area contributed by atoms with Gasteiger partial charge in [-0.15, -0.1) is 0 Å². The fraction of sp³-hybridized carbons (Fsp3) is 0.120. The van der Waals surface area contributed by atoms with E-state index in [0.717, 1.165) is 16.7 Å². The van der Waals surface area contributed by atoms with Crippen LogP contribution >= 0.6 is 23.2 Å². The molecule has 0 aliphatic carbocycles. The standard InChI is InChI=1S/C25H20Cl2N2O2/c1-16-6-5-9-23(17(16)2)29-25(30)20(14-28)12-19-13-21(26)10-11-24(19)31-15-18-7-3-4-8-22(18)27/h3-13H,15H2,1-2H3,(H,29,30)/b20-12+. The average Bonchev–Trinajstić information content (AvgIpc) is 2.75. The number of hydrogen-bond acceptors (Lipinski definition) is 3. The summed E-state index contributed by atoms with van der Waals surface area (Å²) in [5, 5.41) is 13.5. The molecule has 0 heterocycles. The molecule has 0 saturated heterocycles. The normalized spacial score (nSPS) is 11.0. The number of ether oxygens (including phenoxy) is 1. The summed E-state index contributed by atoms with van der Waals surface area (Å²) in [5.41, 5.74) is 3.93. The van der Waals surface area contributed by atoms with Crippen LogP contribution in [0.5, 0.6) is 5.75 Å². The Labute approximate surface area is 191 Å². The minimum Gasteiger partial charge on any atom is -0.488 e. The third-order valence-electron chi connectivity index (χ3n) is 4.83. The lowest BCUT2D eigenvalue weighted by Crippen LogP contribution is -2.14. The van der Waals surface area contributed by atoms with Gasteiger partial charge < -0.3 is 10.1 Å². The van der Waals surface area contributed by atoms with Crippen molar-refractivity contribution in [3.05, 3.63) is 98.5 Å². The SMILES string of the molecule is Cc1cccc(NC(=O)/C(C#N)=C/c2cc(Cl)ccc2OCc2ccccc2Cl)c1C. The second-order valence-corrected chi connectivity index (χ2v) is 7.78. The number of nitrogens with zero attached hydrogens (tertiary/aromatic N) is 1. The van der Waals surface area contributed by atoms with Gasteiger partial charge in [0, 0.05) is 26.9 Å². The molecular formula is C25H20Cl2N2O2. The van der Waals surface area contributed by atoms with Crippen LogP contribution < -0.4 is 10.1 Å². The van der Waals surface area contributed by atoms with Crippen LogP contribution in [-0.4, -0.2) is 5.91 Å². The zero-order valence-corrected chi connectivity index (χ0v) is 18.6. The van der Waals surface area contributed by atoms with E-state index < -0.39 is 5.91 Å². The molecule has 0 fully saturated rings. The van der Waals surface area contributed by atoms with Crippen LogP contribution in [0, 0.1) is 25.2 Å². The van der Waals surface area contributed by atoms with Crippen molar-refractivity contribution < 1.29 is 9.53 Å². The predicted molar refractivity (Wildman–Crippen MR) is 125 cm³/mol. The Kier molecular flexibility index (Phi) is 7.36. The first kappa shape index (κ1) is 22.4. The number of rotatable bonds is 6. The highest BCUT2D eigenvalue weighted by Gasteiger charge is 2.14. The Hall–Kier alpha value is -3.26. The van der Waals surface area contributed by atoms with E-state index in [1.807, 2.05) is 50.2 Å². The van der Waals surface area contributed by atoms with Gasteiger partial charge in [-0.25, -0.2) is 0 Å². The summed E-state index contributed by atoms with van der Waals surface area (Å²) in [7, 11) is 0. The van der Waals surface area contributed by atoms with Gasteiger partial charge in [0.15, 0.2) is 0 Å². The Bertz CT molecular complexity index is 1200. The average molecular weight is 451 g/mol. The molecule has 31 heavy (non-hydrogen) atoms. The Morgan fingerprint density at radius 3 is 2.61 bits per heavy atom. The van der Waals surface area contributed by atoms with E-state index in [1.165, 1.54) is 6.08 Å². The monoisotopic (exact) mass is 450 g/mol. The molecule has 0 spiro atoms. The lowest BCUT2D eigenvalue weighted by atomic mass is 10.1. The molecule has 0 aromatic heterocycles. The van der Waals surface area contributed by atoms with Gasteiger partial charge in [0.05, 0.1) is 0 Å². The van der Waals surface area contributed by atoms with Crippen LogP contribution in [0.3, 0.4) is 0 Å². The van der Waals surface area contributed by atoms with E-state index in [9.17, 15) is 10.1 Å². The van der Waals surface area contributed by atoms with Crippen LogP contribution in [0.2, 0.25) is 10.0 Å². The second-order valence-electron chi connectivity index (χ2n) is 6.93. The molecule has 0 unspecified atom stereocenters. The van der Waals surface area contributed by atoms with Gasteiger partial charge in [-0.1, -0.05) is 53.5 Å². The highest BCUT2D eigenvalue weighted by Crippen LogP contribution is 2.28. The quantitative estimate of drug-likeness (QED) is 0.334. The molecule has 0 atom stereocenters. The molecule has 156 valence electrons. The Balaban J connectivity index is 1.87. The predicted octanol–water partition coefficient (Wildman–Crippen LogP) is 6.73. The molecule has 3 aromatic rings. The fourth-order valence-electron chi connectivity index (χ4n) is 2.91. The van der Waals surface area contributed by atoms with Crippen molar-refractivity contribution in [2.24, 2.45) is 0 Å². The molecule has 0 aliphatic heterocycles. The third-order valence-corrected chi connectivity index (χ3v) is 5.43. The van der Waals surface area contributed by atoms with E-state index in [-0.39, 0.29) is 12.2 Å². The summed E-state index contributed by atoms with van der Waals surface area (Å²) in [4.78, 5) is 12.7. The van der Waals surface area contributed by atoms with Gasteiger partial charge >= 0.3 is 0 Å². The molecule has 0 aliphatic rings. The van der Waals surface area contributed by atoms with Gasteiger partial charge in [-0.05, 0) is 61.4 Å². The molecule has 1 N–H and O–H groups in total. The van der Waals surface area contributed by atoms with E-state index in [0.29, 0.717) is 27.0 Å². The Morgan fingerprint density at radius 2 is 1.87 bits per heavy atom. The maximum Gasteiger partial charge on any atom is 0.266 e. The molecular weight excluding hydrogens is 431 g/mol. The molecule has 0 bridgehead atoms. The number of anilines is 1. The summed E-state index contributed by atoms with van der Waals surface area (Å²) < 4.78 is 5.91. The number of benzene rings is 3. The first-order valence-electron chi connectivity index (χ1n) is 9.54. The first-order chi connectivity index (χ1) is 14.9.